The van der Waals surface area contributed by atoms with Crippen molar-refractivity contribution >= 4 is 5.97 Å². The summed E-state index contributed by atoms with van der Waals surface area (Å²) in [4.78, 5) is 10.6. The van der Waals surface area contributed by atoms with E-state index in [4.69, 9.17) is 15.6 Å². The van der Waals surface area contributed by atoms with Crippen LogP contribution in [-0.2, 0) is 9.53 Å². The Hall–Kier alpha value is -0.610. The molecule has 82 valence electrons. The summed E-state index contributed by atoms with van der Waals surface area (Å²) in [5, 5.41) is 8.74. The van der Waals surface area contributed by atoms with Crippen molar-refractivity contribution in [2.75, 3.05) is 6.61 Å². The molecule has 3 N–H and O–H groups in total. The Morgan fingerprint density at radius 1 is 1.50 bits per heavy atom. The van der Waals surface area contributed by atoms with Gasteiger partial charge < -0.3 is 15.6 Å². The van der Waals surface area contributed by atoms with Crippen LogP contribution in [0, 0.1) is 5.41 Å². The third-order valence-electron chi connectivity index (χ3n) is 3.09. The van der Waals surface area contributed by atoms with E-state index in [1.807, 2.05) is 20.8 Å². The molecule has 0 aromatic heterocycles. The van der Waals surface area contributed by atoms with Crippen LogP contribution in [0.3, 0.4) is 0 Å². The average Bonchev–Trinajstić information content (AvgIpc) is 2.61. The number of rotatable bonds is 2. The molecule has 0 spiro atoms. The van der Waals surface area contributed by atoms with E-state index in [1.165, 1.54) is 0 Å². The van der Waals surface area contributed by atoms with Crippen LogP contribution in [0.5, 0.6) is 0 Å². The topological polar surface area (TPSA) is 72.6 Å². The SMILES string of the molecule is CC.CC12CC(C(N)C(=O)O)(CO1)C2. The Morgan fingerprint density at radius 2 is 2.00 bits per heavy atom. The van der Waals surface area contributed by atoms with Gasteiger partial charge in [0, 0.05) is 5.41 Å². The molecule has 3 rings (SSSR count). The first-order valence-electron chi connectivity index (χ1n) is 5.10. The van der Waals surface area contributed by atoms with Crippen LogP contribution >= 0.6 is 0 Å². The first kappa shape index (κ1) is 11.5. The van der Waals surface area contributed by atoms with Crippen molar-refractivity contribution in [1.29, 1.82) is 0 Å². The summed E-state index contributed by atoms with van der Waals surface area (Å²) < 4.78 is 5.45. The Bertz CT molecular complexity index is 234. The maximum atomic E-state index is 10.6. The van der Waals surface area contributed by atoms with Crippen molar-refractivity contribution in [2.24, 2.45) is 11.1 Å². The van der Waals surface area contributed by atoms with E-state index in [0.29, 0.717) is 6.61 Å². The maximum absolute atomic E-state index is 10.6. The smallest absolute Gasteiger partial charge is 0.321 e. The Balaban J connectivity index is 0.000000461. The molecule has 4 heteroatoms. The van der Waals surface area contributed by atoms with E-state index in [2.05, 4.69) is 0 Å². The minimum Gasteiger partial charge on any atom is -0.480 e. The fraction of sp³-hybridized carbons (Fsp3) is 0.900. The van der Waals surface area contributed by atoms with E-state index in [9.17, 15) is 4.79 Å². The van der Waals surface area contributed by atoms with Gasteiger partial charge in [-0.2, -0.15) is 0 Å². The summed E-state index contributed by atoms with van der Waals surface area (Å²) in [6, 6.07) is -0.756. The molecule has 2 heterocycles. The maximum Gasteiger partial charge on any atom is 0.321 e. The zero-order valence-corrected chi connectivity index (χ0v) is 9.04. The number of ether oxygens (including phenoxy) is 1. The van der Waals surface area contributed by atoms with E-state index in [-0.39, 0.29) is 11.0 Å². The molecule has 2 aliphatic heterocycles. The average molecular weight is 201 g/mol. The Labute approximate surface area is 84.4 Å². The van der Waals surface area contributed by atoms with Crippen LogP contribution in [0.1, 0.15) is 33.6 Å². The summed E-state index contributed by atoms with van der Waals surface area (Å²) in [6.07, 6.45) is 1.60. The summed E-state index contributed by atoms with van der Waals surface area (Å²) in [7, 11) is 0. The molecule has 0 radical (unpaired) electrons. The number of hydrogen-bond acceptors (Lipinski definition) is 3. The zero-order valence-electron chi connectivity index (χ0n) is 9.04. The second-order valence-corrected chi connectivity index (χ2v) is 4.27. The molecule has 1 unspecified atom stereocenters. The van der Waals surface area contributed by atoms with Crippen LogP contribution in [0.15, 0.2) is 0 Å². The van der Waals surface area contributed by atoms with E-state index in [1.54, 1.807) is 0 Å². The molecule has 0 amide bonds. The van der Waals surface area contributed by atoms with Gasteiger partial charge in [-0.25, -0.2) is 0 Å². The highest BCUT2D eigenvalue weighted by molar-refractivity contribution is 5.75. The third-order valence-corrected chi connectivity index (χ3v) is 3.09. The minimum absolute atomic E-state index is 0.0763. The molecule has 1 atom stereocenters. The van der Waals surface area contributed by atoms with E-state index in [0.717, 1.165) is 12.8 Å². The van der Waals surface area contributed by atoms with Gasteiger partial charge in [-0.3, -0.25) is 4.79 Å². The second-order valence-electron chi connectivity index (χ2n) is 4.27. The molecule has 1 aliphatic carbocycles. The van der Waals surface area contributed by atoms with Gasteiger partial charge in [0.1, 0.15) is 6.04 Å². The van der Waals surface area contributed by atoms with Crippen molar-refractivity contribution < 1.29 is 14.6 Å². The fourth-order valence-electron chi connectivity index (χ4n) is 2.53. The number of carboxylic acid groups (broad SMARTS) is 1. The third kappa shape index (κ3) is 1.53. The minimum atomic E-state index is -0.914. The number of fused-ring (bicyclic) bond motifs is 1. The van der Waals surface area contributed by atoms with Gasteiger partial charge in [-0.05, 0) is 19.8 Å². The van der Waals surface area contributed by atoms with Crippen molar-refractivity contribution in [3.05, 3.63) is 0 Å². The molecule has 3 fully saturated rings. The lowest BCUT2D eigenvalue weighted by molar-refractivity contribution is -0.143. The lowest BCUT2D eigenvalue weighted by Crippen LogP contribution is -2.55. The van der Waals surface area contributed by atoms with Crippen LogP contribution in [0.4, 0.5) is 0 Å². The molecule has 3 aliphatic rings. The zero-order chi connectivity index (χ0) is 11.0. The van der Waals surface area contributed by atoms with Gasteiger partial charge in [0.15, 0.2) is 0 Å². The van der Waals surface area contributed by atoms with Gasteiger partial charge in [0.2, 0.25) is 0 Å². The molecular formula is C10H19NO3. The second kappa shape index (κ2) is 3.51. The lowest BCUT2D eigenvalue weighted by Gasteiger charge is -2.44. The van der Waals surface area contributed by atoms with Crippen LogP contribution in [0.2, 0.25) is 0 Å². The number of aliphatic carboxylic acids is 1. The predicted molar refractivity (Wildman–Crippen MR) is 53.0 cm³/mol. The molecule has 2 bridgehead atoms. The van der Waals surface area contributed by atoms with Crippen molar-refractivity contribution in [3.8, 4) is 0 Å². The molecule has 4 nitrogen and oxygen atoms in total. The molecule has 14 heavy (non-hydrogen) atoms. The van der Waals surface area contributed by atoms with Crippen molar-refractivity contribution in [1.82, 2.24) is 0 Å². The normalized spacial score (nSPS) is 40.6. The summed E-state index contributed by atoms with van der Waals surface area (Å²) in [5.74, 6) is -0.914. The molecule has 0 aromatic carbocycles. The Morgan fingerprint density at radius 3 is 2.29 bits per heavy atom. The highest BCUT2D eigenvalue weighted by Gasteiger charge is 2.63. The van der Waals surface area contributed by atoms with Crippen LogP contribution in [0.25, 0.3) is 0 Å². The van der Waals surface area contributed by atoms with Gasteiger partial charge in [0.05, 0.1) is 12.2 Å². The monoisotopic (exact) mass is 201 g/mol. The number of nitrogens with two attached hydrogens (primary N) is 1. The number of carbonyl (C=O) groups is 1. The lowest BCUT2D eigenvalue weighted by atomic mass is 9.60. The van der Waals surface area contributed by atoms with Crippen molar-refractivity contribution in [3.63, 3.8) is 0 Å². The predicted octanol–water partition coefficient (Wildman–Crippen LogP) is 0.994. The quantitative estimate of drug-likeness (QED) is 0.699. The Kier molecular flexibility index (Phi) is 2.88. The first-order chi connectivity index (χ1) is 6.48. The standard InChI is InChI=1S/C8H13NO3.C2H6/c1-7-2-8(3-7,4-12-7)5(9)6(10)11;1-2/h5H,2-4,9H2,1H3,(H,10,11);1-2H3. The van der Waals surface area contributed by atoms with E-state index < -0.39 is 12.0 Å². The van der Waals surface area contributed by atoms with Gasteiger partial charge in [0.25, 0.3) is 0 Å². The first-order valence-corrected chi connectivity index (χ1v) is 5.10. The summed E-state index contributed by atoms with van der Waals surface area (Å²) in [6.45, 7) is 6.52. The van der Waals surface area contributed by atoms with Crippen LogP contribution < -0.4 is 5.73 Å². The molecule has 2 saturated heterocycles. The molecular weight excluding hydrogens is 182 g/mol. The van der Waals surface area contributed by atoms with Gasteiger partial charge in [-0.15, -0.1) is 0 Å². The van der Waals surface area contributed by atoms with E-state index >= 15 is 0 Å². The molecule has 0 aromatic rings. The summed E-state index contributed by atoms with van der Waals surface area (Å²) >= 11 is 0. The van der Waals surface area contributed by atoms with Gasteiger partial charge in [-0.1, -0.05) is 13.8 Å². The number of carboxylic acids is 1. The van der Waals surface area contributed by atoms with Crippen molar-refractivity contribution in [2.45, 2.75) is 45.3 Å². The number of hydrogen-bond donors (Lipinski definition) is 2. The summed E-state index contributed by atoms with van der Waals surface area (Å²) in [5.41, 5.74) is 5.23. The fourth-order valence-corrected chi connectivity index (χ4v) is 2.53. The highest BCUT2D eigenvalue weighted by atomic mass is 16.5. The largest absolute Gasteiger partial charge is 0.480 e. The molecule has 1 saturated carbocycles. The van der Waals surface area contributed by atoms with Crippen LogP contribution in [-0.4, -0.2) is 29.3 Å². The highest BCUT2D eigenvalue weighted by Crippen LogP contribution is 2.58. The van der Waals surface area contributed by atoms with Gasteiger partial charge >= 0.3 is 5.97 Å².